The quantitative estimate of drug-likeness (QED) is 0.809. The standard InChI is InChI=1S/C12H15N5OS/c1-17-11(13)15-16-12(17)19-8-7-10(18)14-9-5-3-2-4-6-9/h2-6H,7-8H2,1H3,(H2,13,15)(H,14,18). The lowest BCUT2D eigenvalue weighted by molar-refractivity contribution is -0.115. The molecule has 6 nitrogen and oxygen atoms in total. The maximum absolute atomic E-state index is 11.7. The van der Waals surface area contributed by atoms with Crippen molar-refractivity contribution in [2.24, 2.45) is 7.05 Å². The van der Waals surface area contributed by atoms with Crippen molar-refractivity contribution < 1.29 is 4.79 Å². The third kappa shape index (κ3) is 3.72. The molecular formula is C12H15N5OS. The summed E-state index contributed by atoms with van der Waals surface area (Å²) in [6.07, 6.45) is 0.409. The first-order valence-corrected chi connectivity index (χ1v) is 6.78. The number of anilines is 2. The van der Waals surface area contributed by atoms with Gasteiger partial charge in [0.2, 0.25) is 11.9 Å². The number of nitrogens with zero attached hydrogens (tertiary/aromatic N) is 3. The fraction of sp³-hybridized carbons (Fsp3) is 0.250. The lowest BCUT2D eigenvalue weighted by Crippen LogP contribution is -2.12. The second-order valence-corrected chi connectivity index (χ2v) is 4.97. The molecule has 0 bridgehead atoms. The molecular weight excluding hydrogens is 262 g/mol. The van der Waals surface area contributed by atoms with E-state index >= 15 is 0 Å². The first-order chi connectivity index (χ1) is 9.16. The van der Waals surface area contributed by atoms with Gasteiger partial charge in [-0.25, -0.2) is 0 Å². The fourth-order valence-corrected chi connectivity index (χ4v) is 2.29. The third-order valence-electron chi connectivity index (χ3n) is 2.49. The predicted octanol–water partition coefficient (Wildman–Crippen LogP) is 1.52. The van der Waals surface area contributed by atoms with Crippen molar-refractivity contribution in [3.8, 4) is 0 Å². The Bertz CT molecular complexity index is 555. The van der Waals surface area contributed by atoms with Gasteiger partial charge in [-0.05, 0) is 12.1 Å². The maximum Gasteiger partial charge on any atom is 0.225 e. The lowest BCUT2D eigenvalue weighted by Gasteiger charge is -2.04. The number of hydrogen-bond donors (Lipinski definition) is 2. The number of nitrogen functional groups attached to an aromatic ring is 1. The van der Waals surface area contributed by atoms with Gasteiger partial charge >= 0.3 is 0 Å². The Kier molecular flexibility index (Phi) is 4.40. The van der Waals surface area contributed by atoms with Gasteiger partial charge in [0.15, 0.2) is 5.16 Å². The highest BCUT2D eigenvalue weighted by Gasteiger charge is 2.07. The van der Waals surface area contributed by atoms with Crippen LogP contribution in [0.4, 0.5) is 11.6 Å². The molecule has 0 saturated heterocycles. The van der Waals surface area contributed by atoms with E-state index in [1.165, 1.54) is 11.8 Å². The summed E-state index contributed by atoms with van der Waals surface area (Å²) in [5.41, 5.74) is 6.38. The highest BCUT2D eigenvalue weighted by molar-refractivity contribution is 7.99. The molecule has 100 valence electrons. The largest absolute Gasteiger partial charge is 0.368 e. The number of amides is 1. The number of aromatic nitrogens is 3. The minimum absolute atomic E-state index is 0.0196. The van der Waals surface area contributed by atoms with E-state index in [4.69, 9.17) is 5.73 Å². The molecule has 1 heterocycles. The van der Waals surface area contributed by atoms with E-state index in [2.05, 4.69) is 15.5 Å². The zero-order chi connectivity index (χ0) is 13.7. The van der Waals surface area contributed by atoms with Crippen LogP contribution in [0.25, 0.3) is 0 Å². The summed E-state index contributed by atoms with van der Waals surface area (Å²) in [6.45, 7) is 0. The van der Waals surface area contributed by atoms with Gasteiger partial charge in [0.1, 0.15) is 0 Å². The van der Waals surface area contributed by atoms with Crippen molar-refractivity contribution in [1.82, 2.24) is 14.8 Å². The second kappa shape index (κ2) is 6.24. The molecule has 7 heteroatoms. The minimum Gasteiger partial charge on any atom is -0.368 e. The second-order valence-electron chi connectivity index (χ2n) is 3.91. The molecule has 1 amide bonds. The van der Waals surface area contributed by atoms with Crippen LogP contribution in [0.1, 0.15) is 6.42 Å². The Hall–Kier alpha value is -2.02. The zero-order valence-corrected chi connectivity index (χ0v) is 11.4. The normalized spacial score (nSPS) is 10.4. The number of hydrogen-bond acceptors (Lipinski definition) is 5. The molecule has 0 aliphatic carbocycles. The minimum atomic E-state index is -0.0196. The van der Waals surface area contributed by atoms with E-state index in [9.17, 15) is 4.79 Å². The lowest BCUT2D eigenvalue weighted by atomic mass is 10.3. The summed E-state index contributed by atoms with van der Waals surface area (Å²) in [6, 6.07) is 9.38. The van der Waals surface area contributed by atoms with E-state index in [0.717, 1.165) is 5.69 Å². The molecule has 0 unspecified atom stereocenters. The van der Waals surface area contributed by atoms with Crippen LogP contribution in [0.2, 0.25) is 0 Å². The summed E-state index contributed by atoms with van der Waals surface area (Å²) in [7, 11) is 1.79. The average molecular weight is 277 g/mol. The van der Waals surface area contributed by atoms with Gasteiger partial charge in [0, 0.05) is 24.9 Å². The highest BCUT2D eigenvalue weighted by Crippen LogP contribution is 2.17. The van der Waals surface area contributed by atoms with Crippen LogP contribution in [0, 0.1) is 0 Å². The zero-order valence-electron chi connectivity index (χ0n) is 10.5. The van der Waals surface area contributed by atoms with Crippen LogP contribution in [0.5, 0.6) is 0 Å². The van der Waals surface area contributed by atoms with Crippen LogP contribution in [0.3, 0.4) is 0 Å². The van der Waals surface area contributed by atoms with Crippen molar-refractivity contribution in [1.29, 1.82) is 0 Å². The average Bonchev–Trinajstić information content (AvgIpc) is 2.72. The number of benzene rings is 1. The molecule has 0 spiro atoms. The van der Waals surface area contributed by atoms with Crippen LogP contribution in [0.15, 0.2) is 35.5 Å². The number of rotatable bonds is 5. The summed E-state index contributed by atoms with van der Waals surface area (Å²) in [5.74, 6) is 0.982. The molecule has 2 aromatic rings. The molecule has 2 rings (SSSR count). The fourth-order valence-electron chi connectivity index (χ4n) is 1.43. The van der Waals surface area contributed by atoms with Crippen LogP contribution in [-0.2, 0) is 11.8 Å². The number of nitrogens with one attached hydrogen (secondary N) is 1. The number of para-hydroxylation sites is 1. The molecule has 19 heavy (non-hydrogen) atoms. The monoisotopic (exact) mass is 277 g/mol. The van der Waals surface area contributed by atoms with E-state index in [1.54, 1.807) is 11.6 Å². The molecule has 1 aromatic carbocycles. The highest BCUT2D eigenvalue weighted by atomic mass is 32.2. The Balaban J connectivity index is 1.77. The summed E-state index contributed by atoms with van der Waals surface area (Å²) < 4.78 is 1.69. The van der Waals surface area contributed by atoms with Crippen molar-refractivity contribution in [3.05, 3.63) is 30.3 Å². The molecule has 3 N–H and O–H groups in total. The Morgan fingerprint density at radius 1 is 1.37 bits per heavy atom. The Morgan fingerprint density at radius 2 is 2.11 bits per heavy atom. The van der Waals surface area contributed by atoms with Crippen LogP contribution < -0.4 is 11.1 Å². The third-order valence-corrected chi connectivity index (χ3v) is 3.51. The molecule has 1 aromatic heterocycles. The topological polar surface area (TPSA) is 85.8 Å². The Labute approximate surface area is 115 Å². The molecule has 0 aliphatic rings. The SMILES string of the molecule is Cn1c(N)nnc1SCCC(=O)Nc1ccccc1. The van der Waals surface area contributed by atoms with Gasteiger partial charge in [0.05, 0.1) is 0 Å². The first kappa shape index (κ1) is 13.4. The van der Waals surface area contributed by atoms with E-state index < -0.39 is 0 Å². The molecule has 0 atom stereocenters. The summed E-state index contributed by atoms with van der Waals surface area (Å²) in [5, 5.41) is 11.2. The van der Waals surface area contributed by atoms with Crippen molar-refractivity contribution in [3.63, 3.8) is 0 Å². The van der Waals surface area contributed by atoms with Gasteiger partial charge in [-0.1, -0.05) is 30.0 Å². The van der Waals surface area contributed by atoms with Gasteiger partial charge < -0.3 is 11.1 Å². The number of carbonyl (C=O) groups excluding carboxylic acids is 1. The number of thioether (sulfide) groups is 1. The molecule has 0 aliphatic heterocycles. The van der Waals surface area contributed by atoms with Gasteiger partial charge in [-0.3, -0.25) is 9.36 Å². The van der Waals surface area contributed by atoms with Crippen molar-refractivity contribution >= 4 is 29.3 Å². The van der Waals surface area contributed by atoms with E-state index in [1.807, 2.05) is 30.3 Å². The van der Waals surface area contributed by atoms with Crippen LogP contribution in [-0.4, -0.2) is 26.4 Å². The maximum atomic E-state index is 11.7. The van der Waals surface area contributed by atoms with E-state index in [-0.39, 0.29) is 5.91 Å². The van der Waals surface area contributed by atoms with E-state index in [0.29, 0.717) is 23.3 Å². The Morgan fingerprint density at radius 3 is 2.74 bits per heavy atom. The molecule has 0 fully saturated rings. The number of nitrogens with two attached hydrogens (primary N) is 1. The van der Waals surface area contributed by atoms with Gasteiger partial charge in [-0.2, -0.15) is 0 Å². The summed E-state index contributed by atoms with van der Waals surface area (Å²) in [4.78, 5) is 11.7. The molecule has 0 saturated carbocycles. The van der Waals surface area contributed by atoms with Crippen molar-refractivity contribution in [2.45, 2.75) is 11.6 Å². The van der Waals surface area contributed by atoms with Gasteiger partial charge in [0.25, 0.3) is 0 Å². The van der Waals surface area contributed by atoms with Crippen molar-refractivity contribution in [2.75, 3.05) is 16.8 Å². The first-order valence-electron chi connectivity index (χ1n) is 5.79. The smallest absolute Gasteiger partial charge is 0.225 e. The number of carbonyl (C=O) groups is 1. The van der Waals surface area contributed by atoms with Gasteiger partial charge in [-0.15, -0.1) is 10.2 Å². The predicted molar refractivity (Wildman–Crippen MR) is 75.8 cm³/mol. The summed E-state index contributed by atoms with van der Waals surface area (Å²) >= 11 is 1.46. The molecule has 0 radical (unpaired) electrons. The van der Waals surface area contributed by atoms with Crippen LogP contribution >= 0.6 is 11.8 Å².